The molecule has 0 fully saturated rings. The minimum Gasteiger partial charge on any atom is -0.293 e. The van der Waals surface area contributed by atoms with Crippen LogP contribution in [0.2, 0.25) is 0 Å². The van der Waals surface area contributed by atoms with Crippen molar-refractivity contribution in [1.29, 1.82) is 5.41 Å². The van der Waals surface area contributed by atoms with Crippen LogP contribution in [0.25, 0.3) is 0 Å². The van der Waals surface area contributed by atoms with E-state index in [2.05, 4.69) is 76.5 Å². The summed E-state index contributed by atoms with van der Waals surface area (Å²) in [4.78, 5) is 24.3. The maximum Gasteiger partial charge on any atom is 0.250 e. The fourth-order valence-electron chi connectivity index (χ4n) is 3.42. The molecule has 2 amide bonds. The predicted octanol–water partition coefficient (Wildman–Crippen LogP) is 7.99. The molecular formula is C31H49N3O2. The van der Waals surface area contributed by atoms with Crippen LogP contribution in [-0.2, 0) is 9.59 Å². The van der Waals surface area contributed by atoms with Gasteiger partial charge in [-0.3, -0.25) is 25.6 Å². The van der Waals surface area contributed by atoms with E-state index in [1.807, 2.05) is 13.8 Å². The molecule has 0 saturated carbocycles. The lowest BCUT2D eigenvalue weighted by Crippen LogP contribution is -2.42. The average Bonchev–Trinajstić information content (AvgIpc) is 2.72. The number of rotatable bonds is 14. The van der Waals surface area contributed by atoms with E-state index in [1.54, 1.807) is 0 Å². The molecule has 0 spiro atoms. The van der Waals surface area contributed by atoms with Gasteiger partial charge in [0.25, 0.3) is 11.8 Å². The van der Waals surface area contributed by atoms with Gasteiger partial charge in [0.15, 0.2) is 0 Å². The van der Waals surface area contributed by atoms with Crippen LogP contribution in [0.5, 0.6) is 0 Å². The molecule has 0 saturated heterocycles. The predicted molar refractivity (Wildman–Crippen MR) is 155 cm³/mol. The van der Waals surface area contributed by atoms with Crippen LogP contribution in [0.15, 0.2) is 69.9 Å². The van der Waals surface area contributed by atoms with E-state index in [1.165, 1.54) is 34.4 Å². The highest BCUT2D eigenvalue weighted by Crippen LogP contribution is 2.12. The van der Waals surface area contributed by atoms with Crippen LogP contribution in [0.4, 0.5) is 0 Å². The molecule has 0 aromatic heterocycles. The van der Waals surface area contributed by atoms with Crippen molar-refractivity contribution in [3.05, 3.63) is 69.9 Å². The second kappa shape index (κ2) is 19.3. The number of hydrogen-bond acceptors (Lipinski definition) is 3. The fraction of sp³-hybridized carbons (Fsp3) is 0.516. The minimum absolute atomic E-state index is 0.317. The molecule has 5 heteroatoms. The molecule has 0 aromatic carbocycles. The van der Waals surface area contributed by atoms with Gasteiger partial charge in [-0.15, -0.1) is 0 Å². The van der Waals surface area contributed by atoms with Crippen LogP contribution < -0.4 is 10.6 Å². The summed E-state index contributed by atoms with van der Waals surface area (Å²) in [6.45, 7) is 16.5. The Morgan fingerprint density at radius 3 is 1.17 bits per heavy atom. The molecule has 0 aliphatic carbocycles. The topological polar surface area (TPSA) is 82.1 Å². The second-order valence-corrected chi connectivity index (χ2v) is 10.2. The van der Waals surface area contributed by atoms with E-state index in [0.717, 1.165) is 62.5 Å². The summed E-state index contributed by atoms with van der Waals surface area (Å²) >= 11 is 0. The molecule has 0 aliphatic rings. The zero-order chi connectivity index (χ0) is 27.5. The first-order chi connectivity index (χ1) is 16.9. The van der Waals surface area contributed by atoms with E-state index in [-0.39, 0.29) is 5.96 Å². The summed E-state index contributed by atoms with van der Waals surface area (Å²) in [5, 5.41) is 12.7. The van der Waals surface area contributed by atoms with Crippen molar-refractivity contribution in [2.24, 2.45) is 0 Å². The molecular weight excluding hydrogens is 446 g/mol. The zero-order valence-electron chi connectivity index (χ0n) is 23.9. The van der Waals surface area contributed by atoms with Gasteiger partial charge in [-0.1, -0.05) is 57.7 Å². The van der Waals surface area contributed by atoms with Crippen LogP contribution in [0, 0.1) is 5.41 Å². The van der Waals surface area contributed by atoms with Gasteiger partial charge in [0.2, 0.25) is 5.96 Å². The highest BCUT2D eigenvalue weighted by Gasteiger charge is 2.06. The van der Waals surface area contributed by atoms with Crippen molar-refractivity contribution in [2.75, 3.05) is 0 Å². The molecule has 0 aromatic rings. The molecule has 0 radical (unpaired) electrons. The lowest BCUT2D eigenvalue weighted by molar-refractivity contribution is -0.115. The smallest absolute Gasteiger partial charge is 0.250 e. The molecule has 5 nitrogen and oxygen atoms in total. The summed E-state index contributed by atoms with van der Waals surface area (Å²) < 4.78 is 0. The highest BCUT2D eigenvalue weighted by atomic mass is 16.2. The van der Waals surface area contributed by atoms with E-state index in [4.69, 9.17) is 5.41 Å². The van der Waals surface area contributed by atoms with E-state index in [0.29, 0.717) is 0 Å². The van der Waals surface area contributed by atoms with Crippen LogP contribution in [0.1, 0.15) is 107 Å². The Morgan fingerprint density at radius 2 is 0.833 bits per heavy atom. The Balaban J connectivity index is 4.42. The van der Waals surface area contributed by atoms with Crippen molar-refractivity contribution in [3.63, 3.8) is 0 Å². The molecule has 200 valence electrons. The zero-order valence-corrected chi connectivity index (χ0v) is 23.9. The summed E-state index contributed by atoms with van der Waals surface area (Å²) in [5.74, 6) is -1.13. The number of allylic oxidation sites excluding steroid dienone is 10. The number of amides is 2. The largest absolute Gasteiger partial charge is 0.293 e. The Hall–Kier alpha value is -2.95. The van der Waals surface area contributed by atoms with Crippen molar-refractivity contribution in [2.45, 2.75) is 107 Å². The molecule has 0 rings (SSSR count). The van der Waals surface area contributed by atoms with Crippen molar-refractivity contribution >= 4 is 17.8 Å². The van der Waals surface area contributed by atoms with Gasteiger partial charge in [-0.05, 0) is 107 Å². The standard InChI is InChI=1S/C31H49N3O2/c1-23(2)13-9-15-25(5)17-11-19-27(7)21-29(35)33-31(32)34-30(36)22-28(8)20-12-18-26(6)16-10-14-24(3)4/h13-14,17-18,21-22H,9-12,15-16,19-20H2,1-8H3,(H3,32,33,34,35,36)/b25-17+,26-18+,27-21+,28-22+. The quantitative estimate of drug-likeness (QED) is 0.0987. The maximum atomic E-state index is 12.2. The fourth-order valence-corrected chi connectivity index (χ4v) is 3.42. The Kier molecular flexibility index (Phi) is 17.7. The molecule has 0 atom stereocenters. The average molecular weight is 496 g/mol. The number of carbonyl (C=O) groups is 2. The summed E-state index contributed by atoms with van der Waals surface area (Å²) in [6.07, 6.45) is 19.4. The van der Waals surface area contributed by atoms with Crippen molar-refractivity contribution < 1.29 is 9.59 Å². The number of hydrogen-bond donors (Lipinski definition) is 3. The van der Waals surface area contributed by atoms with Gasteiger partial charge < -0.3 is 0 Å². The van der Waals surface area contributed by atoms with E-state index in [9.17, 15) is 9.59 Å². The minimum atomic E-state index is -0.406. The third-order valence-corrected chi connectivity index (χ3v) is 5.50. The second-order valence-electron chi connectivity index (χ2n) is 10.2. The summed E-state index contributed by atoms with van der Waals surface area (Å²) in [7, 11) is 0. The first-order valence-corrected chi connectivity index (χ1v) is 13.0. The SMILES string of the molecule is CC(C)=CCC/C(C)=C/CC/C(C)=C/C(=O)NC(=N)NC(=O)/C=C(\C)CC/C=C(\C)CCC=C(C)C. The molecule has 36 heavy (non-hydrogen) atoms. The molecule has 3 N–H and O–H groups in total. The van der Waals surface area contributed by atoms with Gasteiger partial charge in [0.1, 0.15) is 0 Å². The van der Waals surface area contributed by atoms with Crippen LogP contribution >= 0.6 is 0 Å². The highest BCUT2D eigenvalue weighted by molar-refractivity contribution is 6.08. The first-order valence-electron chi connectivity index (χ1n) is 13.0. The first kappa shape index (κ1) is 33.0. The summed E-state index contributed by atoms with van der Waals surface area (Å²) in [5.41, 5.74) is 7.24. The Labute approximate surface area is 220 Å². The van der Waals surface area contributed by atoms with Crippen LogP contribution in [-0.4, -0.2) is 17.8 Å². The molecule has 0 heterocycles. The van der Waals surface area contributed by atoms with Gasteiger partial charge in [-0.25, -0.2) is 0 Å². The van der Waals surface area contributed by atoms with E-state index < -0.39 is 11.8 Å². The third kappa shape index (κ3) is 20.4. The Morgan fingerprint density at radius 1 is 0.528 bits per heavy atom. The summed E-state index contributed by atoms with van der Waals surface area (Å²) in [6, 6.07) is 0. The molecule has 0 unspecified atom stereocenters. The van der Waals surface area contributed by atoms with Gasteiger partial charge in [0.05, 0.1) is 0 Å². The van der Waals surface area contributed by atoms with Crippen molar-refractivity contribution in [1.82, 2.24) is 10.6 Å². The van der Waals surface area contributed by atoms with E-state index >= 15 is 0 Å². The molecule has 0 aliphatic heterocycles. The lowest BCUT2D eigenvalue weighted by atomic mass is 10.1. The monoisotopic (exact) mass is 495 g/mol. The molecule has 0 bridgehead atoms. The number of guanidine groups is 1. The van der Waals surface area contributed by atoms with Crippen molar-refractivity contribution in [3.8, 4) is 0 Å². The lowest BCUT2D eigenvalue weighted by Gasteiger charge is -2.06. The maximum absolute atomic E-state index is 12.2. The van der Waals surface area contributed by atoms with Gasteiger partial charge >= 0.3 is 0 Å². The van der Waals surface area contributed by atoms with Gasteiger partial charge in [-0.2, -0.15) is 0 Å². The normalized spacial score (nSPS) is 12.7. The number of nitrogens with one attached hydrogen (secondary N) is 3. The van der Waals surface area contributed by atoms with Crippen LogP contribution in [0.3, 0.4) is 0 Å². The van der Waals surface area contributed by atoms with Gasteiger partial charge in [0, 0.05) is 12.2 Å². The third-order valence-electron chi connectivity index (χ3n) is 5.50. The Bertz CT molecular complexity index is 845. The number of carbonyl (C=O) groups excluding carboxylic acids is 2.